The van der Waals surface area contributed by atoms with Gasteiger partial charge in [-0.15, -0.1) is 0 Å². The van der Waals surface area contributed by atoms with Crippen LogP contribution in [0.15, 0.2) is 30.3 Å². The molecular weight excluding hydrogens is 184 g/mol. The molecule has 1 aromatic heterocycles. The molecule has 0 unspecified atom stereocenters. The number of hydrogen-bond acceptors (Lipinski definition) is 1. The molecule has 0 aliphatic rings. The Labute approximate surface area is 89.7 Å². The van der Waals surface area contributed by atoms with E-state index in [4.69, 9.17) is 5.26 Å². The summed E-state index contributed by atoms with van der Waals surface area (Å²) in [5, 5.41) is 10.3. The van der Waals surface area contributed by atoms with Crippen molar-refractivity contribution in [3.05, 3.63) is 36.0 Å². The second-order valence-corrected chi connectivity index (χ2v) is 4.38. The van der Waals surface area contributed by atoms with Gasteiger partial charge in [-0.2, -0.15) is 5.26 Å². The minimum atomic E-state index is -0.437. The van der Waals surface area contributed by atoms with E-state index < -0.39 is 5.41 Å². The second-order valence-electron chi connectivity index (χ2n) is 4.38. The van der Waals surface area contributed by atoms with Gasteiger partial charge in [0.1, 0.15) is 0 Å². The molecule has 0 aliphatic carbocycles. The summed E-state index contributed by atoms with van der Waals surface area (Å²) in [7, 11) is 2.01. The maximum absolute atomic E-state index is 9.13. The van der Waals surface area contributed by atoms with E-state index in [-0.39, 0.29) is 0 Å². The van der Waals surface area contributed by atoms with E-state index in [9.17, 15) is 0 Å². The van der Waals surface area contributed by atoms with Gasteiger partial charge in [-0.1, -0.05) is 18.2 Å². The van der Waals surface area contributed by atoms with E-state index in [1.165, 1.54) is 10.9 Å². The Kier molecular flexibility index (Phi) is 2.04. The standard InChI is InChI=1S/C13H14N2/c1-13(2,9-14)12-8-10-6-4-5-7-11(10)15(12)3/h4-8H,1-3H3. The zero-order chi connectivity index (χ0) is 11.1. The average molecular weight is 198 g/mol. The van der Waals surface area contributed by atoms with Crippen molar-refractivity contribution < 1.29 is 0 Å². The molecule has 1 heterocycles. The molecular formula is C13H14N2. The molecule has 2 heteroatoms. The smallest absolute Gasteiger partial charge is 0.0917 e. The molecule has 15 heavy (non-hydrogen) atoms. The van der Waals surface area contributed by atoms with Gasteiger partial charge in [-0.05, 0) is 31.4 Å². The lowest BCUT2D eigenvalue weighted by atomic mass is 9.91. The number of aryl methyl sites for hydroxylation is 1. The van der Waals surface area contributed by atoms with E-state index >= 15 is 0 Å². The zero-order valence-electron chi connectivity index (χ0n) is 9.28. The molecule has 0 radical (unpaired) electrons. The van der Waals surface area contributed by atoms with Crippen molar-refractivity contribution in [2.24, 2.45) is 7.05 Å². The molecule has 0 saturated carbocycles. The summed E-state index contributed by atoms with van der Waals surface area (Å²) in [6.45, 7) is 3.89. The maximum atomic E-state index is 9.13. The number of fused-ring (bicyclic) bond motifs is 1. The van der Waals surface area contributed by atoms with Gasteiger partial charge in [0, 0.05) is 18.3 Å². The summed E-state index contributed by atoms with van der Waals surface area (Å²) < 4.78 is 2.10. The molecule has 0 fully saturated rings. The molecule has 0 N–H and O–H groups in total. The number of nitriles is 1. The Hall–Kier alpha value is -1.75. The van der Waals surface area contributed by atoms with Gasteiger partial charge in [0.2, 0.25) is 0 Å². The molecule has 76 valence electrons. The van der Waals surface area contributed by atoms with Crippen molar-refractivity contribution >= 4 is 10.9 Å². The second kappa shape index (κ2) is 3.13. The Morgan fingerprint density at radius 2 is 1.93 bits per heavy atom. The number of aromatic nitrogens is 1. The van der Waals surface area contributed by atoms with Crippen LogP contribution in [0.1, 0.15) is 19.5 Å². The number of nitrogens with zero attached hydrogens (tertiary/aromatic N) is 2. The van der Waals surface area contributed by atoms with Crippen molar-refractivity contribution in [3.63, 3.8) is 0 Å². The number of para-hydroxylation sites is 1. The molecule has 2 nitrogen and oxygen atoms in total. The van der Waals surface area contributed by atoms with E-state index in [1.807, 2.05) is 33.0 Å². The van der Waals surface area contributed by atoms with Gasteiger partial charge in [0.25, 0.3) is 0 Å². The lowest BCUT2D eigenvalue weighted by molar-refractivity contribution is 0.627. The van der Waals surface area contributed by atoms with Gasteiger partial charge < -0.3 is 4.57 Å². The fraction of sp³-hybridized carbons (Fsp3) is 0.308. The topological polar surface area (TPSA) is 28.7 Å². The van der Waals surface area contributed by atoms with Crippen LogP contribution in [0, 0.1) is 11.3 Å². The lowest BCUT2D eigenvalue weighted by Crippen LogP contribution is -2.17. The molecule has 1 aromatic carbocycles. The molecule has 0 amide bonds. The summed E-state index contributed by atoms with van der Waals surface area (Å²) in [5.74, 6) is 0. The van der Waals surface area contributed by atoms with Crippen LogP contribution >= 0.6 is 0 Å². The molecule has 2 aromatic rings. The third-order valence-corrected chi connectivity index (χ3v) is 2.87. The predicted molar refractivity (Wildman–Crippen MR) is 61.6 cm³/mol. The van der Waals surface area contributed by atoms with Crippen LogP contribution in [0.4, 0.5) is 0 Å². The van der Waals surface area contributed by atoms with E-state index in [0.717, 1.165) is 5.69 Å². The highest BCUT2D eigenvalue weighted by molar-refractivity contribution is 5.81. The SMILES string of the molecule is Cn1c(C(C)(C)C#N)cc2ccccc21. The minimum absolute atomic E-state index is 0.437. The van der Waals surface area contributed by atoms with Crippen molar-refractivity contribution in [2.45, 2.75) is 19.3 Å². The highest BCUT2D eigenvalue weighted by atomic mass is 15.0. The van der Waals surface area contributed by atoms with Crippen molar-refractivity contribution in [2.75, 3.05) is 0 Å². The maximum Gasteiger partial charge on any atom is 0.0917 e. The van der Waals surface area contributed by atoms with Crippen LogP contribution in [-0.2, 0) is 12.5 Å². The highest BCUT2D eigenvalue weighted by Crippen LogP contribution is 2.28. The monoisotopic (exact) mass is 198 g/mol. The van der Waals surface area contributed by atoms with Crippen LogP contribution < -0.4 is 0 Å². The van der Waals surface area contributed by atoms with Gasteiger partial charge in [0.15, 0.2) is 0 Å². The summed E-state index contributed by atoms with van der Waals surface area (Å²) in [6, 6.07) is 12.6. The van der Waals surface area contributed by atoms with Crippen LogP contribution in [0.25, 0.3) is 10.9 Å². The first-order chi connectivity index (χ1) is 7.06. The molecule has 0 aliphatic heterocycles. The Morgan fingerprint density at radius 3 is 2.53 bits per heavy atom. The predicted octanol–water partition coefficient (Wildman–Crippen LogP) is 2.98. The first-order valence-electron chi connectivity index (χ1n) is 5.02. The Balaban J connectivity index is 2.75. The van der Waals surface area contributed by atoms with Gasteiger partial charge >= 0.3 is 0 Å². The first-order valence-corrected chi connectivity index (χ1v) is 5.02. The Bertz CT molecular complexity index is 541. The molecule has 0 saturated heterocycles. The number of rotatable bonds is 1. The molecule has 0 spiro atoms. The van der Waals surface area contributed by atoms with E-state index in [1.54, 1.807) is 0 Å². The minimum Gasteiger partial charge on any atom is -0.346 e. The summed E-state index contributed by atoms with van der Waals surface area (Å²) in [5.41, 5.74) is 1.80. The number of hydrogen-bond donors (Lipinski definition) is 0. The highest BCUT2D eigenvalue weighted by Gasteiger charge is 2.23. The largest absolute Gasteiger partial charge is 0.346 e. The number of benzene rings is 1. The summed E-state index contributed by atoms with van der Waals surface area (Å²) in [4.78, 5) is 0. The van der Waals surface area contributed by atoms with Gasteiger partial charge in [-0.25, -0.2) is 0 Å². The fourth-order valence-corrected chi connectivity index (χ4v) is 1.95. The van der Waals surface area contributed by atoms with Crippen molar-refractivity contribution in [1.82, 2.24) is 4.57 Å². The third kappa shape index (κ3) is 1.41. The lowest BCUT2D eigenvalue weighted by Gasteiger charge is -2.16. The van der Waals surface area contributed by atoms with E-state index in [2.05, 4.69) is 28.8 Å². The summed E-state index contributed by atoms with van der Waals surface area (Å²) in [6.07, 6.45) is 0. The average Bonchev–Trinajstić information content (AvgIpc) is 2.58. The molecule has 0 bridgehead atoms. The van der Waals surface area contributed by atoms with Crippen LogP contribution in [0.3, 0.4) is 0 Å². The van der Waals surface area contributed by atoms with E-state index in [0.29, 0.717) is 0 Å². The van der Waals surface area contributed by atoms with Crippen LogP contribution in [0.2, 0.25) is 0 Å². The molecule has 0 atom stereocenters. The van der Waals surface area contributed by atoms with Crippen molar-refractivity contribution in [3.8, 4) is 6.07 Å². The van der Waals surface area contributed by atoms with Gasteiger partial charge in [-0.3, -0.25) is 0 Å². The zero-order valence-corrected chi connectivity index (χ0v) is 9.28. The molecule has 2 rings (SSSR count). The van der Waals surface area contributed by atoms with Crippen LogP contribution in [0.5, 0.6) is 0 Å². The summed E-state index contributed by atoms with van der Waals surface area (Å²) >= 11 is 0. The van der Waals surface area contributed by atoms with Crippen LogP contribution in [-0.4, -0.2) is 4.57 Å². The van der Waals surface area contributed by atoms with Crippen molar-refractivity contribution in [1.29, 1.82) is 5.26 Å². The van der Waals surface area contributed by atoms with Gasteiger partial charge in [0.05, 0.1) is 11.5 Å². The first kappa shape index (κ1) is 9.79. The normalized spacial score (nSPS) is 11.6. The fourth-order valence-electron chi connectivity index (χ4n) is 1.95. The Morgan fingerprint density at radius 1 is 1.27 bits per heavy atom. The third-order valence-electron chi connectivity index (χ3n) is 2.87. The quantitative estimate of drug-likeness (QED) is 0.692.